The van der Waals surface area contributed by atoms with Crippen molar-refractivity contribution in [3.05, 3.63) is 77.1 Å². The zero-order valence-electron chi connectivity index (χ0n) is 26.8. The van der Waals surface area contributed by atoms with Crippen LogP contribution in [0.1, 0.15) is 68.3 Å². The van der Waals surface area contributed by atoms with Crippen molar-refractivity contribution in [3.8, 4) is 11.1 Å². The van der Waals surface area contributed by atoms with Gasteiger partial charge in [0.15, 0.2) is 5.65 Å². The van der Waals surface area contributed by atoms with Gasteiger partial charge in [0.2, 0.25) is 0 Å². The van der Waals surface area contributed by atoms with Gasteiger partial charge in [0.25, 0.3) is 0 Å². The average molecular weight is 610 g/mol. The minimum absolute atomic E-state index is 0.202. The zero-order chi connectivity index (χ0) is 31.0. The van der Waals surface area contributed by atoms with Crippen LogP contribution in [0.5, 0.6) is 0 Å². The first kappa shape index (κ1) is 31.0. The number of ether oxygens (including phenoxy) is 1. The van der Waals surface area contributed by atoms with Gasteiger partial charge < -0.3 is 20.7 Å². The molecule has 2 fully saturated rings. The summed E-state index contributed by atoms with van der Waals surface area (Å²) < 4.78 is 7.53. The molecule has 6 rings (SSSR count). The number of urea groups is 1. The van der Waals surface area contributed by atoms with Crippen LogP contribution in [0.15, 0.2) is 54.7 Å². The van der Waals surface area contributed by atoms with Gasteiger partial charge in [-0.05, 0) is 86.5 Å². The fourth-order valence-electron chi connectivity index (χ4n) is 6.60. The Balaban J connectivity index is 1.12. The molecule has 0 saturated carbocycles. The van der Waals surface area contributed by atoms with Gasteiger partial charge in [0.1, 0.15) is 0 Å². The van der Waals surface area contributed by atoms with Gasteiger partial charge in [-0.15, -0.1) is 0 Å². The lowest BCUT2D eigenvalue weighted by atomic mass is 10.0. The van der Waals surface area contributed by atoms with Gasteiger partial charge in [-0.1, -0.05) is 49.7 Å². The van der Waals surface area contributed by atoms with Crippen molar-refractivity contribution in [2.24, 2.45) is 0 Å². The number of rotatable bonds is 11. The molecule has 0 atom stereocenters. The Morgan fingerprint density at radius 1 is 0.933 bits per heavy atom. The van der Waals surface area contributed by atoms with E-state index in [4.69, 9.17) is 9.72 Å². The van der Waals surface area contributed by atoms with E-state index in [1.165, 1.54) is 49.0 Å². The zero-order valence-corrected chi connectivity index (χ0v) is 26.8. The highest BCUT2D eigenvalue weighted by molar-refractivity contribution is 5.92. The van der Waals surface area contributed by atoms with Gasteiger partial charge >= 0.3 is 6.03 Å². The van der Waals surface area contributed by atoms with Crippen LogP contribution in [0.4, 0.5) is 10.5 Å². The molecule has 45 heavy (non-hydrogen) atoms. The lowest BCUT2D eigenvalue weighted by molar-refractivity contribution is 0.0904. The van der Waals surface area contributed by atoms with Crippen LogP contribution in [-0.4, -0.2) is 58.0 Å². The summed E-state index contributed by atoms with van der Waals surface area (Å²) in [5, 5.41) is 15.6. The highest BCUT2D eigenvalue weighted by atomic mass is 16.5. The number of carbonyl (C=O) groups excluding carboxylic acids is 1. The highest BCUT2D eigenvalue weighted by Crippen LogP contribution is 2.31. The van der Waals surface area contributed by atoms with Crippen LogP contribution in [0.25, 0.3) is 22.2 Å². The first-order valence-electron chi connectivity index (χ1n) is 16.7. The predicted octanol–water partition coefficient (Wildman–Crippen LogP) is 6.26. The molecule has 0 bridgehead atoms. The number of hydrogen-bond acceptors (Lipinski definition) is 6. The van der Waals surface area contributed by atoms with E-state index in [9.17, 15) is 4.79 Å². The Morgan fingerprint density at radius 2 is 1.64 bits per heavy atom. The summed E-state index contributed by atoms with van der Waals surface area (Å²) in [5.74, 6) is 0. The molecule has 9 nitrogen and oxygen atoms in total. The minimum Gasteiger partial charge on any atom is -0.381 e. The normalized spacial score (nSPS) is 16.1. The number of likely N-dealkylation sites (tertiary alicyclic amines) is 1. The Labute approximate surface area is 266 Å². The molecule has 0 unspecified atom stereocenters. The van der Waals surface area contributed by atoms with Gasteiger partial charge in [-0.3, -0.25) is 4.90 Å². The number of benzene rings is 2. The average Bonchev–Trinajstić information content (AvgIpc) is 3.51. The van der Waals surface area contributed by atoms with E-state index < -0.39 is 0 Å². The maximum absolute atomic E-state index is 13.1. The molecule has 2 amide bonds. The number of carbonyl (C=O) groups is 1. The molecule has 0 aliphatic carbocycles. The van der Waals surface area contributed by atoms with E-state index in [0.29, 0.717) is 19.1 Å². The van der Waals surface area contributed by atoms with Crippen LogP contribution in [0.2, 0.25) is 0 Å². The maximum Gasteiger partial charge on any atom is 0.315 e. The number of amides is 2. The van der Waals surface area contributed by atoms with Crippen molar-refractivity contribution in [2.75, 3.05) is 31.6 Å². The molecule has 2 aliphatic heterocycles. The van der Waals surface area contributed by atoms with Crippen LogP contribution in [0, 0.1) is 0 Å². The third kappa shape index (κ3) is 7.65. The molecule has 3 N–H and O–H groups in total. The predicted molar refractivity (Wildman–Crippen MR) is 180 cm³/mol. The van der Waals surface area contributed by atoms with Crippen molar-refractivity contribution in [1.82, 2.24) is 30.3 Å². The van der Waals surface area contributed by atoms with Gasteiger partial charge in [0.05, 0.1) is 17.3 Å². The standard InChI is InChI=1S/C36H47N7O2/c1-3-33-31(34(40-30-14-18-45-19-15-30)32-24-39-43(4-2)35(32)41-33)23-38-36(44)37-22-26-10-8-12-28(20-26)29-13-9-11-27(21-29)25-42-16-6-5-7-17-42/h8-13,20-21,24,30H,3-7,14-19,22-23,25H2,1-2H3,(H,40,41)(H2,37,38,44). The molecule has 2 aromatic heterocycles. The van der Waals surface area contributed by atoms with Gasteiger partial charge in [0, 0.05) is 56.7 Å². The second-order valence-corrected chi connectivity index (χ2v) is 12.3. The monoisotopic (exact) mass is 609 g/mol. The lowest BCUT2D eigenvalue weighted by Crippen LogP contribution is -2.35. The quantitative estimate of drug-likeness (QED) is 0.186. The second kappa shape index (κ2) is 14.9. The summed E-state index contributed by atoms with van der Waals surface area (Å²) in [6.07, 6.45) is 8.50. The van der Waals surface area contributed by atoms with Crippen LogP contribution in [-0.2, 0) is 37.3 Å². The number of nitrogens with one attached hydrogen (secondary N) is 3. The van der Waals surface area contributed by atoms with Crippen molar-refractivity contribution >= 4 is 22.8 Å². The van der Waals surface area contributed by atoms with Crippen LogP contribution < -0.4 is 16.0 Å². The van der Waals surface area contributed by atoms with E-state index in [2.05, 4.69) is 88.3 Å². The molecule has 2 aromatic carbocycles. The van der Waals surface area contributed by atoms with Crippen molar-refractivity contribution in [1.29, 1.82) is 0 Å². The van der Waals surface area contributed by atoms with Crippen molar-refractivity contribution < 1.29 is 9.53 Å². The Hall–Kier alpha value is -3.95. The van der Waals surface area contributed by atoms with Gasteiger partial charge in [-0.25, -0.2) is 14.5 Å². The summed E-state index contributed by atoms with van der Waals surface area (Å²) in [7, 11) is 0. The Bertz CT molecular complexity index is 1590. The number of nitrogens with zero attached hydrogens (tertiary/aromatic N) is 4. The number of pyridine rings is 1. The highest BCUT2D eigenvalue weighted by Gasteiger charge is 2.22. The minimum atomic E-state index is -0.202. The Morgan fingerprint density at radius 3 is 2.38 bits per heavy atom. The number of piperidine rings is 1. The summed E-state index contributed by atoms with van der Waals surface area (Å²) in [6, 6.07) is 17.4. The fourth-order valence-corrected chi connectivity index (χ4v) is 6.60. The van der Waals surface area contributed by atoms with Crippen LogP contribution >= 0.6 is 0 Å². The Kier molecular flexibility index (Phi) is 10.3. The SMILES string of the molecule is CCc1nc2c(cnn2CC)c(NC2CCOCC2)c1CNC(=O)NCc1cccc(-c2cccc(CN3CCCCC3)c2)c1. The van der Waals surface area contributed by atoms with Crippen molar-refractivity contribution in [3.63, 3.8) is 0 Å². The van der Waals surface area contributed by atoms with E-state index in [-0.39, 0.29) is 6.03 Å². The van der Waals surface area contributed by atoms with Gasteiger partial charge in [-0.2, -0.15) is 5.10 Å². The summed E-state index contributed by atoms with van der Waals surface area (Å²) in [4.78, 5) is 20.6. The topological polar surface area (TPSA) is 96.3 Å². The van der Waals surface area contributed by atoms with Crippen molar-refractivity contribution in [2.45, 2.75) is 84.6 Å². The third-order valence-electron chi connectivity index (χ3n) is 9.10. The number of anilines is 1. The van der Waals surface area contributed by atoms with Crippen LogP contribution in [0.3, 0.4) is 0 Å². The third-order valence-corrected chi connectivity index (χ3v) is 9.10. The molecule has 2 aliphatic rings. The fraction of sp³-hybridized carbons (Fsp3) is 0.472. The molecule has 4 aromatic rings. The molecule has 9 heteroatoms. The first-order valence-corrected chi connectivity index (χ1v) is 16.7. The van der Waals surface area contributed by atoms with E-state index >= 15 is 0 Å². The molecule has 2 saturated heterocycles. The first-order chi connectivity index (χ1) is 22.1. The lowest BCUT2D eigenvalue weighted by Gasteiger charge is -2.26. The largest absolute Gasteiger partial charge is 0.381 e. The maximum atomic E-state index is 13.1. The smallest absolute Gasteiger partial charge is 0.315 e. The van der Waals surface area contributed by atoms with E-state index in [1.807, 2.05) is 10.9 Å². The summed E-state index contributed by atoms with van der Waals surface area (Å²) in [6.45, 7) is 10.7. The molecular weight excluding hydrogens is 562 g/mol. The summed E-state index contributed by atoms with van der Waals surface area (Å²) >= 11 is 0. The molecule has 4 heterocycles. The number of hydrogen-bond donors (Lipinski definition) is 3. The number of aryl methyl sites for hydroxylation is 2. The number of fused-ring (bicyclic) bond motifs is 1. The summed E-state index contributed by atoms with van der Waals surface area (Å²) in [5.41, 5.74) is 8.70. The molecule has 0 radical (unpaired) electrons. The van der Waals surface area contributed by atoms with E-state index in [0.717, 1.165) is 79.1 Å². The van der Waals surface area contributed by atoms with E-state index in [1.54, 1.807) is 0 Å². The second-order valence-electron chi connectivity index (χ2n) is 12.3. The number of aromatic nitrogens is 3. The molecular formula is C36H47N7O2. The molecule has 238 valence electrons. The molecule has 0 spiro atoms.